The van der Waals surface area contributed by atoms with Gasteiger partial charge in [-0.3, -0.25) is 0 Å². The summed E-state index contributed by atoms with van der Waals surface area (Å²) in [5, 5.41) is 3.37. The number of rotatable bonds is 3. The van der Waals surface area contributed by atoms with E-state index < -0.39 is 0 Å². The molecule has 1 N–H and O–H groups in total. The Balaban J connectivity index is 1.60. The fourth-order valence-corrected chi connectivity index (χ4v) is 2.18. The van der Waals surface area contributed by atoms with Gasteiger partial charge >= 0.3 is 0 Å². The molecule has 0 aromatic heterocycles. The molecule has 0 bridgehead atoms. The minimum absolute atomic E-state index is 0.602. The van der Waals surface area contributed by atoms with Crippen LogP contribution in [0.1, 0.15) is 32.1 Å². The summed E-state index contributed by atoms with van der Waals surface area (Å²) in [5.41, 5.74) is 0. The highest BCUT2D eigenvalue weighted by Crippen LogP contribution is 2.22. The maximum Gasteiger partial charge on any atom is 0.0575 e. The highest BCUT2D eigenvalue weighted by Gasteiger charge is 2.19. The molecule has 12 heavy (non-hydrogen) atoms. The monoisotopic (exact) mass is 169 g/mol. The Morgan fingerprint density at radius 3 is 2.67 bits per heavy atom. The standard InChI is InChI=1S/C10H19NO/c1-2-4-10(3-1)12-8-9-5-6-11-7-9/h9-11H,1-8H2. The van der Waals surface area contributed by atoms with Crippen molar-refractivity contribution < 1.29 is 4.74 Å². The van der Waals surface area contributed by atoms with E-state index in [4.69, 9.17) is 4.74 Å². The molecule has 0 spiro atoms. The summed E-state index contributed by atoms with van der Waals surface area (Å²) >= 11 is 0. The summed E-state index contributed by atoms with van der Waals surface area (Å²) in [5.74, 6) is 0.797. The lowest BCUT2D eigenvalue weighted by Crippen LogP contribution is -2.17. The normalized spacial score (nSPS) is 31.5. The van der Waals surface area contributed by atoms with Crippen molar-refractivity contribution >= 4 is 0 Å². The first-order chi connectivity index (χ1) is 5.95. The van der Waals surface area contributed by atoms with Crippen LogP contribution < -0.4 is 5.32 Å². The van der Waals surface area contributed by atoms with Crippen molar-refractivity contribution in [2.24, 2.45) is 5.92 Å². The second-order valence-electron chi connectivity index (χ2n) is 4.10. The summed E-state index contributed by atoms with van der Waals surface area (Å²) in [6.45, 7) is 3.36. The number of nitrogens with one attached hydrogen (secondary N) is 1. The van der Waals surface area contributed by atoms with Crippen LogP contribution in [-0.4, -0.2) is 25.8 Å². The van der Waals surface area contributed by atoms with Gasteiger partial charge in [-0.15, -0.1) is 0 Å². The van der Waals surface area contributed by atoms with Crippen LogP contribution in [0.4, 0.5) is 0 Å². The lowest BCUT2D eigenvalue weighted by Gasteiger charge is -2.14. The van der Waals surface area contributed by atoms with Gasteiger partial charge in [-0.25, -0.2) is 0 Å². The molecule has 1 unspecified atom stereocenters. The zero-order valence-electron chi connectivity index (χ0n) is 7.72. The van der Waals surface area contributed by atoms with Gasteiger partial charge in [0.25, 0.3) is 0 Å². The quantitative estimate of drug-likeness (QED) is 0.692. The topological polar surface area (TPSA) is 21.3 Å². The zero-order valence-corrected chi connectivity index (χ0v) is 7.72. The molecule has 2 heteroatoms. The first-order valence-corrected chi connectivity index (χ1v) is 5.27. The molecule has 70 valence electrons. The average Bonchev–Trinajstić information content (AvgIpc) is 2.74. The molecular weight excluding hydrogens is 150 g/mol. The van der Waals surface area contributed by atoms with Gasteiger partial charge in [-0.05, 0) is 31.7 Å². The van der Waals surface area contributed by atoms with Gasteiger partial charge in [0, 0.05) is 6.54 Å². The highest BCUT2D eigenvalue weighted by molar-refractivity contribution is 4.72. The third kappa shape index (κ3) is 2.20. The largest absolute Gasteiger partial charge is 0.378 e. The molecule has 1 saturated heterocycles. The van der Waals surface area contributed by atoms with Crippen molar-refractivity contribution in [3.05, 3.63) is 0 Å². The molecule has 1 aliphatic carbocycles. The van der Waals surface area contributed by atoms with Crippen LogP contribution in [0.3, 0.4) is 0 Å². The Morgan fingerprint density at radius 2 is 2.00 bits per heavy atom. The third-order valence-corrected chi connectivity index (χ3v) is 3.03. The SMILES string of the molecule is C1CCC(OCC2CCNC2)C1. The molecule has 0 aromatic carbocycles. The van der Waals surface area contributed by atoms with E-state index in [0.29, 0.717) is 6.10 Å². The maximum atomic E-state index is 5.85. The van der Waals surface area contributed by atoms with E-state index in [0.717, 1.165) is 12.5 Å². The fraction of sp³-hybridized carbons (Fsp3) is 1.00. The van der Waals surface area contributed by atoms with E-state index in [1.807, 2.05) is 0 Å². The van der Waals surface area contributed by atoms with Crippen LogP contribution in [0.25, 0.3) is 0 Å². The number of ether oxygens (including phenoxy) is 1. The van der Waals surface area contributed by atoms with E-state index in [9.17, 15) is 0 Å². The van der Waals surface area contributed by atoms with Crippen molar-refractivity contribution in [1.82, 2.24) is 5.32 Å². The second kappa shape index (κ2) is 4.24. The van der Waals surface area contributed by atoms with Crippen molar-refractivity contribution in [3.8, 4) is 0 Å². The van der Waals surface area contributed by atoms with E-state index in [-0.39, 0.29) is 0 Å². The Kier molecular flexibility index (Phi) is 3.01. The Morgan fingerprint density at radius 1 is 1.17 bits per heavy atom. The molecule has 2 nitrogen and oxygen atoms in total. The molecular formula is C10H19NO. The molecule has 2 rings (SSSR count). The maximum absolute atomic E-state index is 5.85. The highest BCUT2D eigenvalue weighted by atomic mass is 16.5. The molecule has 0 amide bonds. The lowest BCUT2D eigenvalue weighted by molar-refractivity contribution is 0.0375. The van der Waals surface area contributed by atoms with Gasteiger partial charge in [-0.1, -0.05) is 12.8 Å². The van der Waals surface area contributed by atoms with E-state index in [1.165, 1.54) is 45.2 Å². The Labute approximate surface area is 74.7 Å². The number of hydrogen-bond donors (Lipinski definition) is 1. The van der Waals surface area contributed by atoms with Crippen LogP contribution in [0.5, 0.6) is 0 Å². The van der Waals surface area contributed by atoms with Gasteiger partial charge in [0.15, 0.2) is 0 Å². The van der Waals surface area contributed by atoms with Crippen LogP contribution in [-0.2, 0) is 4.74 Å². The first kappa shape index (κ1) is 8.52. The first-order valence-electron chi connectivity index (χ1n) is 5.27. The average molecular weight is 169 g/mol. The Bertz CT molecular complexity index is 110. The molecule has 1 heterocycles. The van der Waals surface area contributed by atoms with Crippen LogP contribution >= 0.6 is 0 Å². The summed E-state index contributed by atoms with van der Waals surface area (Å²) < 4.78 is 5.85. The Hall–Kier alpha value is -0.0800. The summed E-state index contributed by atoms with van der Waals surface area (Å²) in [6, 6.07) is 0. The molecule has 1 saturated carbocycles. The minimum Gasteiger partial charge on any atom is -0.378 e. The van der Waals surface area contributed by atoms with E-state index in [2.05, 4.69) is 5.32 Å². The summed E-state index contributed by atoms with van der Waals surface area (Å²) in [4.78, 5) is 0. The second-order valence-corrected chi connectivity index (χ2v) is 4.10. The molecule has 2 fully saturated rings. The van der Waals surface area contributed by atoms with E-state index >= 15 is 0 Å². The molecule has 1 atom stereocenters. The smallest absolute Gasteiger partial charge is 0.0575 e. The van der Waals surface area contributed by atoms with Crippen LogP contribution in [0.2, 0.25) is 0 Å². The summed E-state index contributed by atoms with van der Waals surface area (Å²) in [6.07, 6.45) is 7.29. The molecule has 2 aliphatic rings. The van der Waals surface area contributed by atoms with Gasteiger partial charge < -0.3 is 10.1 Å². The van der Waals surface area contributed by atoms with Gasteiger partial charge in [-0.2, -0.15) is 0 Å². The van der Waals surface area contributed by atoms with Gasteiger partial charge in [0.05, 0.1) is 12.7 Å². The van der Waals surface area contributed by atoms with E-state index in [1.54, 1.807) is 0 Å². The molecule has 0 radical (unpaired) electrons. The minimum atomic E-state index is 0.602. The van der Waals surface area contributed by atoms with Crippen molar-refractivity contribution in [2.45, 2.75) is 38.2 Å². The zero-order chi connectivity index (χ0) is 8.23. The van der Waals surface area contributed by atoms with Crippen LogP contribution in [0.15, 0.2) is 0 Å². The van der Waals surface area contributed by atoms with Gasteiger partial charge in [0.2, 0.25) is 0 Å². The van der Waals surface area contributed by atoms with Crippen LogP contribution in [0, 0.1) is 5.92 Å². The third-order valence-electron chi connectivity index (χ3n) is 3.03. The fourth-order valence-electron chi connectivity index (χ4n) is 2.18. The molecule has 1 aliphatic heterocycles. The van der Waals surface area contributed by atoms with Gasteiger partial charge in [0.1, 0.15) is 0 Å². The van der Waals surface area contributed by atoms with Crippen molar-refractivity contribution in [3.63, 3.8) is 0 Å². The predicted molar refractivity (Wildman–Crippen MR) is 49.2 cm³/mol. The molecule has 0 aromatic rings. The number of hydrogen-bond acceptors (Lipinski definition) is 2. The van der Waals surface area contributed by atoms with Crippen molar-refractivity contribution in [1.29, 1.82) is 0 Å². The predicted octanol–water partition coefficient (Wildman–Crippen LogP) is 1.56. The summed E-state index contributed by atoms with van der Waals surface area (Å²) in [7, 11) is 0. The van der Waals surface area contributed by atoms with Crippen molar-refractivity contribution in [2.75, 3.05) is 19.7 Å². The lowest BCUT2D eigenvalue weighted by atomic mass is 10.1.